The molecule has 0 aliphatic carbocycles. The van der Waals surface area contributed by atoms with E-state index in [4.69, 9.17) is 4.74 Å². The first-order chi connectivity index (χ1) is 35.0. The quantitative estimate of drug-likeness (QED) is 0.0321. The van der Waals surface area contributed by atoms with E-state index in [1.807, 2.05) is 0 Å². The highest BCUT2D eigenvalue weighted by Gasteiger charge is 2.20. The number of esters is 1. The number of carbonyl (C=O) groups is 2. The van der Waals surface area contributed by atoms with Crippen LogP contribution in [0.15, 0.2) is 36.5 Å². The van der Waals surface area contributed by atoms with E-state index in [0.29, 0.717) is 25.9 Å². The molecule has 0 rings (SSSR count). The number of amides is 1. The van der Waals surface area contributed by atoms with E-state index in [0.717, 1.165) is 51.4 Å². The summed E-state index contributed by atoms with van der Waals surface area (Å²) < 4.78 is 5.49. The van der Waals surface area contributed by atoms with Gasteiger partial charge < -0.3 is 20.3 Å². The molecule has 0 aromatic heterocycles. The number of rotatable bonds is 59. The maximum absolute atomic E-state index is 12.4. The van der Waals surface area contributed by atoms with Crippen LogP contribution in [0.2, 0.25) is 0 Å². The lowest BCUT2D eigenvalue weighted by Crippen LogP contribution is -2.45. The van der Waals surface area contributed by atoms with Gasteiger partial charge in [-0.1, -0.05) is 281 Å². The summed E-state index contributed by atoms with van der Waals surface area (Å²) in [5.41, 5.74) is 0. The lowest BCUT2D eigenvalue weighted by Gasteiger charge is -2.22. The molecular weight excluding hydrogens is 875 g/mol. The normalized spacial score (nSPS) is 12.8. The van der Waals surface area contributed by atoms with Crippen molar-refractivity contribution in [1.82, 2.24) is 5.32 Å². The van der Waals surface area contributed by atoms with E-state index >= 15 is 0 Å². The monoisotopic (exact) mass is 998 g/mol. The van der Waals surface area contributed by atoms with E-state index in [-0.39, 0.29) is 18.5 Å². The van der Waals surface area contributed by atoms with E-state index in [1.54, 1.807) is 0 Å². The second kappa shape index (κ2) is 60.6. The number of allylic oxidation sites excluding steroid dienone is 6. The molecule has 0 aromatic rings. The highest BCUT2D eigenvalue weighted by Crippen LogP contribution is 2.17. The molecule has 1 amide bonds. The SMILES string of the molecule is CCCCCC/C=C\C/C=C\CCCCCCCCCC(=O)OCCCCCCCCCCCCCC/C=C\CCCCCCCCCCCCC(=O)NC(CO)C(O)CCCCCCCCCCCC. The van der Waals surface area contributed by atoms with Gasteiger partial charge in [-0.3, -0.25) is 9.59 Å². The first-order valence-corrected chi connectivity index (χ1v) is 31.7. The van der Waals surface area contributed by atoms with Gasteiger partial charge in [-0.25, -0.2) is 0 Å². The van der Waals surface area contributed by atoms with Crippen LogP contribution in [0.25, 0.3) is 0 Å². The molecule has 0 aromatic carbocycles. The summed E-state index contributed by atoms with van der Waals surface area (Å²) >= 11 is 0. The predicted octanol–water partition coefficient (Wildman–Crippen LogP) is 20.0. The van der Waals surface area contributed by atoms with Crippen LogP contribution in [0.1, 0.15) is 341 Å². The molecule has 0 bridgehead atoms. The minimum absolute atomic E-state index is 0.00696. The van der Waals surface area contributed by atoms with Gasteiger partial charge in [-0.15, -0.1) is 0 Å². The van der Waals surface area contributed by atoms with Gasteiger partial charge in [0.1, 0.15) is 0 Å². The lowest BCUT2D eigenvalue weighted by molar-refractivity contribution is -0.143. The Bertz CT molecular complexity index is 1150. The fraction of sp³-hybridized carbons (Fsp3) is 0.877. The Kier molecular flexibility index (Phi) is 59.0. The molecule has 0 heterocycles. The zero-order valence-corrected chi connectivity index (χ0v) is 47.7. The largest absolute Gasteiger partial charge is 0.466 e. The zero-order valence-electron chi connectivity index (χ0n) is 47.7. The van der Waals surface area contributed by atoms with Crippen LogP contribution in [-0.2, 0) is 14.3 Å². The molecule has 3 N–H and O–H groups in total. The summed E-state index contributed by atoms with van der Waals surface area (Å²) in [5.74, 6) is -0.0310. The third-order valence-electron chi connectivity index (χ3n) is 14.7. The summed E-state index contributed by atoms with van der Waals surface area (Å²) in [6.45, 7) is 4.93. The molecule has 0 fully saturated rings. The van der Waals surface area contributed by atoms with E-state index in [9.17, 15) is 19.8 Å². The third-order valence-corrected chi connectivity index (χ3v) is 14.7. The molecule has 0 radical (unpaired) electrons. The van der Waals surface area contributed by atoms with E-state index in [2.05, 4.69) is 55.6 Å². The maximum Gasteiger partial charge on any atom is 0.305 e. The van der Waals surface area contributed by atoms with Crippen LogP contribution in [0.5, 0.6) is 0 Å². The van der Waals surface area contributed by atoms with E-state index in [1.165, 1.54) is 257 Å². The predicted molar refractivity (Wildman–Crippen MR) is 310 cm³/mol. The topological polar surface area (TPSA) is 95.9 Å². The molecule has 2 unspecified atom stereocenters. The third kappa shape index (κ3) is 57.2. The van der Waals surface area contributed by atoms with Crippen LogP contribution in [0.4, 0.5) is 0 Å². The standard InChI is InChI=1S/C65H123NO5/c1-3-5-7-9-11-13-15-16-17-18-30-33-36-39-43-47-51-55-59-65(70)71-60-56-52-48-44-40-37-34-31-28-26-24-22-20-19-21-23-25-27-29-32-35-38-42-46-50-54-58-64(69)66-62(61-67)63(68)57-53-49-45-41-14-12-10-8-6-4-2/h13,15,17-19,21,62-63,67-68H,3-12,14,16,20,22-61H2,1-2H3,(H,66,69)/b15-13-,18-17-,21-19-. The zero-order chi connectivity index (χ0) is 51.4. The Morgan fingerprint density at radius 2 is 0.704 bits per heavy atom. The Morgan fingerprint density at radius 3 is 1.10 bits per heavy atom. The van der Waals surface area contributed by atoms with E-state index < -0.39 is 12.1 Å². The smallest absolute Gasteiger partial charge is 0.305 e. The number of hydrogen-bond donors (Lipinski definition) is 3. The summed E-state index contributed by atoms with van der Waals surface area (Å²) in [6, 6.07) is -0.541. The Labute approximate surface area is 443 Å². The van der Waals surface area contributed by atoms with Gasteiger partial charge >= 0.3 is 5.97 Å². The highest BCUT2D eigenvalue weighted by molar-refractivity contribution is 5.76. The minimum atomic E-state index is -0.664. The molecule has 0 saturated heterocycles. The molecule has 418 valence electrons. The number of aliphatic hydroxyl groups is 2. The van der Waals surface area contributed by atoms with Gasteiger partial charge in [0, 0.05) is 12.8 Å². The van der Waals surface area contributed by atoms with Crippen LogP contribution in [-0.4, -0.2) is 47.4 Å². The van der Waals surface area contributed by atoms with Gasteiger partial charge in [0.05, 0.1) is 25.4 Å². The number of ether oxygens (including phenoxy) is 1. The second-order valence-electron chi connectivity index (χ2n) is 21.7. The molecule has 0 aliphatic rings. The van der Waals surface area contributed by atoms with Gasteiger partial charge in [-0.2, -0.15) is 0 Å². The van der Waals surface area contributed by atoms with Crippen molar-refractivity contribution in [1.29, 1.82) is 0 Å². The van der Waals surface area contributed by atoms with Crippen LogP contribution in [0, 0.1) is 0 Å². The van der Waals surface area contributed by atoms with Crippen molar-refractivity contribution < 1.29 is 24.5 Å². The maximum atomic E-state index is 12.4. The Hall–Kier alpha value is -1.92. The lowest BCUT2D eigenvalue weighted by atomic mass is 10.0. The van der Waals surface area contributed by atoms with Gasteiger partial charge in [0.2, 0.25) is 5.91 Å². The number of carbonyl (C=O) groups excluding carboxylic acids is 2. The fourth-order valence-electron chi connectivity index (χ4n) is 9.78. The summed E-state index contributed by atoms with van der Waals surface area (Å²) in [5, 5.41) is 23.2. The van der Waals surface area contributed by atoms with Crippen molar-refractivity contribution in [2.45, 2.75) is 353 Å². The molecule has 2 atom stereocenters. The first-order valence-electron chi connectivity index (χ1n) is 31.7. The molecule has 71 heavy (non-hydrogen) atoms. The number of unbranched alkanes of at least 4 members (excludes halogenated alkanes) is 42. The molecule has 0 saturated carbocycles. The number of nitrogens with one attached hydrogen (secondary N) is 1. The Morgan fingerprint density at radius 1 is 0.394 bits per heavy atom. The first kappa shape index (κ1) is 69.1. The van der Waals surface area contributed by atoms with Crippen molar-refractivity contribution in [2.75, 3.05) is 13.2 Å². The van der Waals surface area contributed by atoms with Crippen molar-refractivity contribution >= 4 is 11.9 Å². The van der Waals surface area contributed by atoms with Crippen molar-refractivity contribution in [3.8, 4) is 0 Å². The number of hydrogen-bond acceptors (Lipinski definition) is 5. The van der Waals surface area contributed by atoms with Crippen molar-refractivity contribution in [3.05, 3.63) is 36.5 Å². The van der Waals surface area contributed by atoms with Crippen molar-refractivity contribution in [2.24, 2.45) is 0 Å². The van der Waals surface area contributed by atoms with Crippen LogP contribution >= 0.6 is 0 Å². The molecule has 6 heteroatoms. The highest BCUT2D eigenvalue weighted by atomic mass is 16.5. The molecule has 6 nitrogen and oxygen atoms in total. The fourth-order valence-corrected chi connectivity index (χ4v) is 9.78. The Balaban J connectivity index is 3.36. The van der Waals surface area contributed by atoms with Crippen molar-refractivity contribution in [3.63, 3.8) is 0 Å². The van der Waals surface area contributed by atoms with Crippen LogP contribution in [0.3, 0.4) is 0 Å². The molecular formula is C65H123NO5. The van der Waals surface area contributed by atoms with Gasteiger partial charge in [0.15, 0.2) is 0 Å². The molecule has 0 spiro atoms. The summed E-state index contributed by atoms with van der Waals surface area (Å²) in [7, 11) is 0. The van der Waals surface area contributed by atoms with Gasteiger partial charge in [-0.05, 0) is 83.5 Å². The average Bonchev–Trinajstić information content (AvgIpc) is 3.37. The molecule has 0 aliphatic heterocycles. The average molecular weight is 999 g/mol. The number of aliphatic hydroxyl groups excluding tert-OH is 2. The summed E-state index contributed by atoms with van der Waals surface area (Å²) in [4.78, 5) is 24.5. The van der Waals surface area contributed by atoms with Gasteiger partial charge in [0.25, 0.3) is 0 Å². The summed E-state index contributed by atoms with van der Waals surface area (Å²) in [6.07, 6.45) is 76.0. The minimum Gasteiger partial charge on any atom is -0.466 e. The van der Waals surface area contributed by atoms with Crippen LogP contribution < -0.4 is 5.32 Å². The second-order valence-corrected chi connectivity index (χ2v) is 21.7.